The Labute approximate surface area is 186 Å². The Morgan fingerprint density at radius 1 is 1.07 bits per heavy atom. The van der Waals surface area contributed by atoms with Crippen molar-refractivity contribution in [2.75, 3.05) is 0 Å². The van der Waals surface area contributed by atoms with Gasteiger partial charge < -0.3 is 4.74 Å². The molecule has 3 rings (SSSR count). The summed E-state index contributed by atoms with van der Waals surface area (Å²) >= 11 is 0. The summed E-state index contributed by atoms with van der Waals surface area (Å²) in [5, 5.41) is 0. The molecular weight excluding hydrogens is 372 g/mol. The van der Waals surface area contributed by atoms with E-state index < -0.39 is 0 Å². The Kier molecular flexibility index (Phi) is 8.24. The van der Waals surface area contributed by atoms with Crippen LogP contribution in [0.1, 0.15) is 113 Å². The van der Waals surface area contributed by atoms with Crippen LogP contribution in [-0.2, 0) is 14.3 Å². The fourth-order valence-corrected chi connectivity index (χ4v) is 6.07. The third-order valence-electron chi connectivity index (χ3n) is 8.21. The van der Waals surface area contributed by atoms with E-state index in [-0.39, 0.29) is 17.4 Å². The van der Waals surface area contributed by atoms with E-state index >= 15 is 0 Å². The number of hydrogen-bond acceptors (Lipinski definition) is 3. The minimum absolute atomic E-state index is 0.0154. The van der Waals surface area contributed by atoms with Crippen LogP contribution in [0.5, 0.6) is 0 Å². The Morgan fingerprint density at radius 3 is 2.10 bits per heavy atom. The van der Waals surface area contributed by atoms with Crippen LogP contribution in [-0.4, -0.2) is 18.4 Å². The van der Waals surface area contributed by atoms with Crippen molar-refractivity contribution >= 4 is 12.3 Å². The third kappa shape index (κ3) is 7.09. The summed E-state index contributed by atoms with van der Waals surface area (Å²) in [5.41, 5.74) is 1.19. The Balaban J connectivity index is 0.000000252. The van der Waals surface area contributed by atoms with Gasteiger partial charge >= 0.3 is 0 Å². The molecule has 5 atom stereocenters. The fourth-order valence-electron chi connectivity index (χ4n) is 6.07. The second-order valence-corrected chi connectivity index (χ2v) is 13.3. The van der Waals surface area contributed by atoms with Crippen LogP contribution in [0.3, 0.4) is 0 Å². The molecule has 30 heavy (non-hydrogen) atoms. The van der Waals surface area contributed by atoms with Gasteiger partial charge in [0.15, 0.2) is 0 Å². The van der Waals surface area contributed by atoms with Crippen molar-refractivity contribution in [1.29, 1.82) is 0 Å². The lowest BCUT2D eigenvalue weighted by atomic mass is 9.73. The minimum Gasteiger partial charge on any atom is -0.464 e. The molecule has 174 valence electrons. The first kappa shape index (κ1) is 25.4. The maximum absolute atomic E-state index is 12.6. The normalized spacial score (nSPS) is 31.1. The number of fused-ring (bicyclic) bond motifs is 2. The Bertz CT molecular complexity index is 574. The van der Waals surface area contributed by atoms with E-state index in [1.165, 1.54) is 32.1 Å². The summed E-state index contributed by atoms with van der Waals surface area (Å²) in [5.74, 6) is 2.34. The maximum Gasteiger partial charge on any atom is 0.293 e. The van der Waals surface area contributed by atoms with Crippen molar-refractivity contribution in [2.24, 2.45) is 39.9 Å². The standard InChI is InChI=1S/C16H24O3.C11H24/c1-16(4-2-3-5-16)9-14(18)12-6-11-7-13(12)15(8-11)19-10-17;1-9(11(5,6)7)8-10(2,3)4/h10-13,15H,2-9H2,1H3;9H,8H2,1-7H3. The molecule has 0 aliphatic heterocycles. The molecule has 0 aromatic rings. The predicted molar refractivity (Wildman–Crippen MR) is 124 cm³/mol. The lowest BCUT2D eigenvalue weighted by molar-refractivity contribution is -0.140. The molecule has 5 unspecified atom stereocenters. The Hall–Kier alpha value is -0.860. The van der Waals surface area contributed by atoms with Crippen molar-refractivity contribution < 1.29 is 14.3 Å². The van der Waals surface area contributed by atoms with E-state index in [0.717, 1.165) is 31.6 Å². The molecule has 3 aliphatic rings. The summed E-state index contributed by atoms with van der Waals surface area (Å²) in [6.07, 6.45) is 10.1. The second kappa shape index (κ2) is 9.74. The van der Waals surface area contributed by atoms with Crippen molar-refractivity contribution in [3.63, 3.8) is 0 Å². The number of Topliss-reactive ketones (excluding diaryl/α,β-unsaturated/α-hetero) is 1. The van der Waals surface area contributed by atoms with Crippen LogP contribution in [0.2, 0.25) is 0 Å². The molecule has 0 radical (unpaired) electrons. The quantitative estimate of drug-likeness (QED) is 0.426. The number of carbonyl (C=O) groups excluding carboxylic acids is 2. The summed E-state index contributed by atoms with van der Waals surface area (Å²) in [4.78, 5) is 23.1. The molecule has 0 amide bonds. The molecule has 0 saturated heterocycles. The molecule has 3 heteroatoms. The van der Waals surface area contributed by atoms with E-state index in [4.69, 9.17) is 4.74 Å². The summed E-state index contributed by atoms with van der Waals surface area (Å²) < 4.78 is 5.18. The highest BCUT2D eigenvalue weighted by atomic mass is 16.5. The molecular formula is C27H48O3. The summed E-state index contributed by atoms with van der Waals surface area (Å²) in [6, 6.07) is 0. The fraction of sp³-hybridized carbons (Fsp3) is 0.926. The van der Waals surface area contributed by atoms with E-state index in [0.29, 0.717) is 34.9 Å². The monoisotopic (exact) mass is 420 g/mol. The van der Waals surface area contributed by atoms with Crippen LogP contribution in [0.15, 0.2) is 0 Å². The topological polar surface area (TPSA) is 43.4 Å². The molecule has 0 aromatic heterocycles. The van der Waals surface area contributed by atoms with Crippen LogP contribution in [0, 0.1) is 39.9 Å². The van der Waals surface area contributed by atoms with E-state index in [9.17, 15) is 9.59 Å². The molecule has 3 fully saturated rings. The van der Waals surface area contributed by atoms with Gasteiger partial charge in [0, 0.05) is 18.3 Å². The number of ketones is 1. The molecule has 0 N–H and O–H groups in total. The first-order valence-electron chi connectivity index (χ1n) is 12.4. The number of ether oxygens (including phenoxy) is 1. The SMILES string of the molecule is CC(CC(C)(C)C)C(C)(C)C.CC1(CC(=O)C2CC3CC(OC=O)C2C3)CCCC1. The second-order valence-electron chi connectivity index (χ2n) is 13.3. The third-order valence-corrected chi connectivity index (χ3v) is 8.21. The first-order valence-corrected chi connectivity index (χ1v) is 12.4. The zero-order valence-electron chi connectivity index (χ0n) is 21.1. The average Bonchev–Trinajstić information content (AvgIpc) is 3.29. The molecule has 2 bridgehead atoms. The lowest BCUT2D eigenvalue weighted by Gasteiger charge is -2.32. The predicted octanol–water partition coefficient (Wildman–Crippen LogP) is 7.22. The van der Waals surface area contributed by atoms with Gasteiger partial charge in [-0.05, 0) is 66.6 Å². The number of rotatable bonds is 6. The van der Waals surface area contributed by atoms with Gasteiger partial charge in [-0.1, -0.05) is 68.2 Å². The lowest BCUT2D eigenvalue weighted by Crippen LogP contribution is -2.33. The number of carbonyl (C=O) groups is 2. The molecule has 0 aromatic carbocycles. The van der Waals surface area contributed by atoms with Gasteiger partial charge in [-0.15, -0.1) is 0 Å². The highest BCUT2D eigenvalue weighted by Crippen LogP contribution is 2.51. The maximum atomic E-state index is 12.6. The smallest absolute Gasteiger partial charge is 0.293 e. The van der Waals surface area contributed by atoms with Gasteiger partial charge in [-0.3, -0.25) is 9.59 Å². The number of hydrogen-bond donors (Lipinski definition) is 0. The zero-order chi connectivity index (χ0) is 22.7. The van der Waals surface area contributed by atoms with Gasteiger partial charge in [0.25, 0.3) is 6.47 Å². The molecule has 0 spiro atoms. The molecule has 0 heterocycles. The largest absolute Gasteiger partial charge is 0.464 e. The van der Waals surface area contributed by atoms with Crippen molar-refractivity contribution in [2.45, 2.75) is 119 Å². The highest BCUT2D eigenvalue weighted by molar-refractivity contribution is 5.82. The first-order chi connectivity index (χ1) is 13.7. The minimum atomic E-state index is 0.0154. The van der Waals surface area contributed by atoms with Gasteiger partial charge in [0.05, 0.1) is 0 Å². The van der Waals surface area contributed by atoms with Crippen LogP contribution < -0.4 is 0 Å². The van der Waals surface area contributed by atoms with Crippen LogP contribution in [0.4, 0.5) is 0 Å². The van der Waals surface area contributed by atoms with E-state index in [1.807, 2.05) is 0 Å². The van der Waals surface area contributed by atoms with Crippen LogP contribution in [0.25, 0.3) is 0 Å². The van der Waals surface area contributed by atoms with Gasteiger partial charge in [-0.25, -0.2) is 0 Å². The highest BCUT2D eigenvalue weighted by Gasteiger charge is 2.50. The summed E-state index contributed by atoms with van der Waals surface area (Å²) in [7, 11) is 0. The van der Waals surface area contributed by atoms with Crippen molar-refractivity contribution in [3.8, 4) is 0 Å². The van der Waals surface area contributed by atoms with E-state index in [2.05, 4.69) is 55.4 Å². The van der Waals surface area contributed by atoms with Gasteiger partial charge in [-0.2, -0.15) is 0 Å². The molecule has 3 nitrogen and oxygen atoms in total. The van der Waals surface area contributed by atoms with Crippen LogP contribution >= 0.6 is 0 Å². The Morgan fingerprint density at radius 2 is 1.67 bits per heavy atom. The molecule has 3 saturated carbocycles. The summed E-state index contributed by atoms with van der Waals surface area (Å²) in [6.45, 7) is 19.1. The van der Waals surface area contributed by atoms with Gasteiger partial charge in [0.1, 0.15) is 11.9 Å². The van der Waals surface area contributed by atoms with Gasteiger partial charge in [0.2, 0.25) is 0 Å². The van der Waals surface area contributed by atoms with Crippen molar-refractivity contribution in [3.05, 3.63) is 0 Å². The zero-order valence-corrected chi connectivity index (χ0v) is 21.1. The van der Waals surface area contributed by atoms with E-state index in [1.54, 1.807) is 0 Å². The van der Waals surface area contributed by atoms with Crippen molar-refractivity contribution in [1.82, 2.24) is 0 Å². The average molecular weight is 421 g/mol. The molecule has 3 aliphatic carbocycles.